The van der Waals surface area contributed by atoms with Crippen molar-refractivity contribution in [1.82, 2.24) is 10.3 Å². The van der Waals surface area contributed by atoms with Gasteiger partial charge in [0.25, 0.3) is 0 Å². The predicted molar refractivity (Wildman–Crippen MR) is 77.0 cm³/mol. The van der Waals surface area contributed by atoms with Gasteiger partial charge >= 0.3 is 0 Å². The molecule has 0 amide bonds. The monoisotopic (exact) mass is 258 g/mol. The van der Waals surface area contributed by atoms with Crippen molar-refractivity contribution in [3.63, 3.8) is 0 Å². The van der Waals surface area contributed by atoms with E-state index >= 15 is 0 Å². The van der Waals surface area contributed by atoms with Crippen molar-refractivity contribution in [2.24, 2.45) is 0 Å². The summed E-state index contributed by atoms with van der Waals surface area (Å²) in [6.07, 6.45) is 3.67. The summed E-state index contributed by atoms with van der Waals surface area (Å²) in [5.74, 6) is 0. The first-order valence-corrected chi connectivity index (χ1v) is 7.44. The van der Waals surface area contributed by atoms with Gasteiger partial charge in [-0.1, -0.05) is 23.8 Å². The Hall–Kier alpha value is -1.19. The van der Waals surface area contributed by atoms with Gasteiger partial charge in [0.2, 0.25) is 0 Å². The minimum absolute atomic E-state index is 0.637. The van der Waals surface area contributed by atoms with Crippen LogP contribution in [0.4, 0.5) is 0 Å². The van der Waals surface area contributed by atoms with E-state index in [4.69, 9.17) is 4.98 Å². The maximum atomic E-state index is 4.76. The third kappa shape index (κ3) is 2.62. The molecule has 0 bridgehead atoms. The van der Waals surface area contributed by atoms with Gasteiger partial charge in [0.1, 0.15) is 5.01 Å². The predicted octanol–water partition coefficient (Wildman–Crippen LogP) is 3.41. The number of nitrogens with one attached hydrogen (secondary N) is 1. The molecule has 2 aromatic rings. The molecule has 94 valence electrons. The summed E-state index contributed by atoms with van der Waals surface area (Å²) < 4.78 is 0. The van der Waals surface area contributed by atoms with Crippen molar-refractivity contribution in [1.29, 1.82) is 0 Å². The summed E-state index contributed by atoms with van der Waals surface area (Å²) in [5, 5.41) is 6.88. The maximum Gasteiger partial charge on any atom is 0.123 e. The molecule has 0 spiro atoms. The van der Waals surface area contributed by atoms with Gasteiger partial charge in [-0.2, -0.15) is 0 Å². The molecule has 0 saturated carbocycles. The lowest BCUT2D eigenvalue weighted by atomic mass is 10.1. The lowest BCUT2D eigenvalue weighted by Crippen LogP contribution is -2.23. The molecule has 3 heteroatoms. The highest BCUT2D eigenvalue weighted by molar-refractivity contribution is 7.13. The Kier molecular flexibility index (Phi) is 3.43. The van der Waals surface area contributed by atoms with Crippen LogP contribution in [0.15, 0.2) is 29.6 Å². The van der Waals surface area contributed by atoms with Crippen LogP contribution >= 0.6 is 11.3 Å². The molecule has 1 saturated heterocycles. The van der Waals surface area contributed by atoms with E-state index in [1.54, 1.807) is 11.3 Å². The molecule has 1 atom stereocenters. The molecule has 1 fully saturated rings. The highest BCUT2D eigenvalue weighted by Crippen LogP contribution is 2.25. The highest BCUT2D eigenvalue weighted by Gasteiger charge is 2.16. The maximum absolute atomic E-state index is 4.76. The number of benzene rings is 1. The van der Waals surface area contributed by atoms with Crippen molar-refractivity contribution >= 4 is 11.3 Å². The minimum Gasteiger partial charge on any atom is -0.314 e. The van der Waals surface area contributed by atoms with E-state index in [1.165, 1.54) is 36.2 Å². The number of aryl methyl sites for hydroxylation is 1. The lowest BCUT2D eigenvalue weighted by Gasteiger charge is -2.06. The fourth-order valence-electron chi connectivity index (χ4n) is 2.49. The smallest absolute Gasteiger partial charge is 0.123 e. The molecule has 1 unspecified atom stereocenters. The van der Waals surface area contributed by atoms with Crippen molar-refractivity contribution in [3.05, 3.63) is 40.9 Å². The molecule has 2 nitrogen and oxygen atoms in total. The van der Waals surface area contributed by atoms with E-state index in [-0.39, 0.29) is 0 Å². The molecular weight excluding hydrogens is 240 g/mol. The van der Waals surface area contributed by atoms with Gasteiger partial charge < -0.3 is 5.32 Å². The zero-order valence-electron chi connectivity index (χ0n) is 10.6. The van der Waals surface area contributed by atoms with Gasteiger partial charge in [0.05, 0.1) is 5.69 Å². The van der Waals surface area contributed by atoms with Gasteiger partial charge in [-0.15, -0.1) is 11.3 Å². The normalized spacial score (nSPS) is 19.3. The topological polar surface area (TPSA) is 24.9 Å². The van der Waals surface area contributed by atoms with Crippen molar-refractivity contribution < 1.29 is 0 Å². The van der Waals surface area contributed by atoms with Crippen LogP contribution in [0, 0.1) is 6.92 Å². The lowest BCUT2D eigenvalue weighted by molar-refractivity contribution is 0.597. The Labute approximate surface area is 112 Å². The van der Waals surface area contributed by atoms with Gasteiger partial charge in [-0.25, -0.2) is 4.98 Å². The summed E-state index contributed by atoms with van der Waals surface area (Å²) in [6, 6.07) is 9.21. The Morgan fingerprint density at radius 1 is 1.44 bits per heavy atom. The molecule has 18 heavy (non-hydrogen) atoms. The number of nitrogens with zero attached hydrogens (tertiary/aromatic N) is 1. The van der Waals surface area contributed by atoms with E-state index in [2.05, 4.69) is 41.9 Å². The molecule has 1 aliphatic rings. The molecule has 0 aliphatic carbocycles. The SMILES string of the molecule is Cc1cccc(-c2nc(CC3CCCN3)cs2)c1. The standard InChI is InChI=1S/C15H18N2S/c1-11-4-2-5-12(8-11)15-17-14(10-18-15)9-13-6-3-7-16-13/h2,4-5,8,10,13,16H,3,6-7,9H2,1H3. The van der Waals surface area contributed by atoms with Crippen molar-refractivity contribution in [3.8, 4) is 10.6 Å². The second-order valence-electron chi connectivity index (χ2n) is 5.01. The molecule has 2 heterocycles. The van der Waals surface area contributed by atoms with Crippen molar-refractivity contribution in [2.45, 2.75) is 32.2 Å². The first-order chi connectivity index (χ1) is 8.81. The molecular formula is C15H18N2S. The highest BCUT2D eigenvalue weighted by atomic mass is 32.1. The number of hydrogen-bond acceptors (Lipinski definition) is 3. The second kappa shape index (κ2) is 5.21. The molecule has 1 aliphatic heterocycles. The average molecular weight is 258 g/mol. The molecule has 1 aromatic carbocycles. The zero-order chi connectivity index (χ0) is 12.4. The summed E-state index contributed by atoms with van der Waals surface area (Å²) >= 11 is 1.76. The molecule has 3 rings (SSSR count). The number of rotatable bonds is 3. The van der Waals surface area contributed by atoms with Crippen LogP contribution in [-0.4, -0.2) is 17.6 Å². The molecule has 1 aromatic heterocycles. The fraction of sp³-hybridized carbons (Fsp3) is 0.400. The quantitative estimate of drug-likeness (QED) is 0.912. The number of thiazole rings is 1. The van der Waals surface area contributed by atoms with Gasteiger partial charge in [-0.05, 0) is 32.4 Å². The average Bonchev–Trinajstić information content (AvgIpc) is 3.01. The summed E-state index contributed by atoms with van der Waals surface area (Å²) in [7, 11) is 0. The zero-order valence-corrected chi connectivity index (χ0v) is 11.5. The summed E-state index contributed by atoms with van der Waals surface area (Å²) in [6.45, 7) is 3.29. The number of aromatic nitrogens is 1. The summed E-state index contributed by atoms with van der Waals surface area (Å²) in [5.41, 5.74) is 3.77. The van der Waals surface area contributed by atoms with Crippen LogP contribution in [-0.2, 0) is 6.42 Å². The van der Waals surface area contributed by atoms with E-state index < -0.39 is 0 Å². The van der Waals surface area contributed by atoms with Crippen LogP contribution in [0.1, 0.15) is 24.1 Å². The van der Waals surface area contributed by atoms with Crippen LogP contribution in [0.25, 0.3) is 10.6 Å². The van der Waals surface area contributed by atoms with Gasteiger partial charge in [0.15, 0.2) is 0 Å². The van der Waals surface area contributed by atoms with Crippen LogP contribution in [0.3, 0.4) is 0 Å². The first kappa shape index (κ1) is 11.9. The van der Waals surface area contributed by atoms with Gasteiger partial charge in [-0.3, -0.25) is 0 Å². The van der Waals surface area contributed by atoms with E-state index in [0.29, 0.717) is 6.04 Å². The fourth-order valence-corrected chi connectivity index (χ4v) is 3.32. The summed E-state index contributed by atoms with van der Waals surface area (Å²) in [4.78, 5) is 4.76. The third-order valence-corrected chi connectivity index (χ3v) is 4.37. The van der Waals surface area contributed by atoms with E-state index in [9.17, 15) is 0 Å². The van der Waals surface area contributed by atoms with Crippen LogP contribution in [0.2, 0.25) is 0 Å². The Morgan fingerprint density at radius 2 is 2.39 bits per heavy atom. The Morgan fingerprint density at radius 3 is 3.17 bits per heavy atom. The number of hydrogen-bond donors (Lipinski definition) is 1. The van der Waals surface area contributed by atoms with Crippen molar-refractivity contribution in [2.75, 3.05) is 6.54 Å². The largest absolute Gasteiger partial charge is 0.314 e. The van der Waals surface area contributed by atoms with Crippen LogP contribution < -0.4 is 5.32 Å². The third-order valence-electron chi connectivity index (χ3n) is 3.43. The molecule has 0 radical (unpaired) electrons. The van der Waals surface area contributed by atoms with Gasteiger partial charge in [0, 0.05) is 23.4 Å². The molecule has 1 N–H and O–H groups in total. The van der Waals surface area contributed by atoms with Crippen LogP contribution in [0.5, 0.6) is 0 Å². The second-order valence-corrected chi connectivity index (χ2v) is 5.87. The Bertz CT molecular complexity index is 527. The van der Waals surface area contributed by atoms with E-state index in [0.717, 1.165) is 11.4 Å². The van der Waals surface area contributed by atoms with E-state index in [1.807, 2.05) is 0 Å². The Balaban J connectivity index is 1.76. The first-order valence-electron chi connectivity index (χ1n) is 6.56. The minimum atomic E-state index is 0.637.